The molecule has 0 saturated heterocycles. The van der Waals surface area contributed by atoms with Crippen LogP contribution in [0.3, 0.4) is 0 Å². The number of aliphatic hydroxyl groups is 1. The van der Waals surface area contributed by atoms with Crippen molar-refractivity contribution in [2.75, 3.05) is 13.2 Å². The Hall–Kier alpha value is -1.07. The number of ether oxygens (including phenoxy) is 1. The zero-order valence-corrected chi connectivity index (χ0v) is 13.7. The van der Waals surface area contributed by atoms with Crippen LogP contribution in [0.15, 0.2) is 28.7 Å². The van der Waals surface area contributed by atoms with Crippen molar-refractivity contribution in [1.82, 2.24) is 5.32 Å². The first-order valence-electron chi connectivity index (χ1n) is 6.68. The molecule has 1 amide bonds. The van der Waals surface area contributed by atoms with E-state index in [2.05, 4.69) is 21.2 Å². The molecule has 0 aliphatic rings. The van der Waals surface area contributed by atoms with Crippen LogP contribution in [0.1, 0.15) is 27.2 Å². The van der Waals surface area contributed by atoms with E-state index in [1.807, 2.05) is 38.1 Å². The number of amides is 1. The first kappa shape index (κ1) is 17.0. The van der Waals surface area contributed by atoms with E-state index in [4.69, 9.17) is 4.74 Å². The van der Waals surface area contributed by atoms with Crippen LogP contribution in [-0.2, 0) is 4.79 Å². The van der Waals surface area contributed by atoms with Crippen molar-refractivity contribution < 1.29 is 14.6 Å². The topological polar surface area (TPSA) is 58.6 Å². The van der Waals surface area contributed by atoms with Gasteiger partial charge in [-0.15, -0.1) is 0 Å². The molecule has 1 aromatic rings. The van der Waals surface area contributed by atoms with E-state index >= 15 is 0 Å². The minimum absolute atomic E-state index is 0.0840. The summed E-state index contributed by atoms with van der Waals surface area (Å²) >= 11 is 3.36. The molecule has 0 spiro atoms. The van der Waals surface area contributed by atoms with Gasteiger partial charge >= 0.3 is 0 Å². The predicted octanol–water partition coefficient (Wildman–Crippen LogP) is 2.74. The van der Waals surface area contributed by atoms with Gasteiger partial charge in [0, 0.05) is 11.0 Å². The van der Waals surface area contributed by atoms with Crippen LogP contribution in [0.5, 0.6) is 5.75 Å². The second-order valence-electron chi connectivity index (χ2n) is 5.34. The lowest BCUT2D eigenvalue weighted by Gasteiger charge is -2.27. The lowest BCUT2D eigenvalue weighted by atomic mass is 9.92. The van der Waals surface area contributed by atoms with Gasteiger partial charge in [-0.05, 0) is 31.0 Å². The van der Waals surface area contributed by atoms with E-state index < -0.39 is 5.60 Å². The molecule has 1 unspecified atom stereocenters. The Labute approximate surface area is 128 Å². The summed E-state index contributed by atoms with van der Waals surface area (Å²) in [4.78, 5) is 11.7. The largest absolute Gasteiger partial charge is 0.493 e. The number of carbonyl (C=O) groups excluding carboxylic acids is 1. The Morgan fingerprint density at radius 1 is 1.50 bits per heavy atom. The van der Waals surface area contributed by atoms with Crippen molar-refractivity contribution in [1.29, 1.82) is 0 Å². The highest BCUT2D eigenvalue weighted by molar-refractivity contribution is 9.10. The minimum atomic E-state index is -0.888. The Balaban J connectivity index is 2.27. The Morgan fingerprint density at radius 2 is 2.20 bits per heavy atom. The average molecular weight is 344 g/mol. The highest BCUT2D eigenvalue weighted by atomic mass is 79.9. The van der Waals surface area contributed by atoms with Crippen molar-refractivity contribution in [3.05, 3.63) is 28.7 Å². The van der Waals surface area contributed by atoms with Crippen LogP contribution in [0, 0.1) is 5.92 Å². The molecule has 112 valence electrons. The second kappa shape index (κ2) is 7.64. The molecule has 1 aromatic carbocycles. The van der Waals surface area contributed by atoms with Crippen molar-refractivity contribution in [3.8, 4) is 5.75 Å². The van der Waals surface area contributed by atoms with Crippen LogP contribution in [0.2, 0.25) is 0 Å². The van der Waals surface area contributed by atoms with E-state index in [1.165, 1.54) is 0 Å². The first-order chi connectivity index (χ1) is 9.31. The van der Waals surface area contributed by atoms with Crippen LogP contribution in [0.25, 0.3) is 0 Å². The van der Waals surface area contributed by atoms with Crippen LogP contribution in [-0.4, -0.2) is 29.8 Å². The van der Waals surface area contributed by atoms with E-state index in [-0.39, 0.29) is 24.8 Å². The number of rotatable bonds is 7. The highest BCUT2D eigenvalue weighted by Gasteiger charge is 2.25. The number of hydrogen-bond acceptors (Lipinski definition) is 3. The summed E-state index contributed by atoms with van der Waals surface area (Å²) in [5.41, 5.74) is -0.888. The minimum Gasteiger partial charge on any atom is -0.493 e. The van der Waals surface area contributed by atoms with Gasteiger partial charge in [-0.1, -0.05) is 35.8 Å². The summed E-state index contributed by atoms with van der Waals surface area (Å²) in [5.74, 6) is 0.683. The molecule has 20 heavy (non-hydrogen) atoms. The molecule has 1 atom stereocenters. The van der Waals surface area contributed by atoms with Gasteiger partial charge in [-0.3, -0.25) is 4.79 Å². The quantitative estimate of drug-likeness (QED) is 0.800. The third-order valence-corrected chi connectivity index (χ3v) is 3.77. The first-order valence-corrected chi connectivity index (χ1v) is 7.48. The van der Waals surface area contributed by atoms with Crippen molar-refractivity contribution >= 4 is 21.8 Å². The van der Waals surface area contributed by atoms with E-state index in [0.29, 0.717) is 6.61 Å². The maximum Gasteiger partial charge on any atom is 0.223 e. The fraction of sp³-hybridized carbons (Fsp3) is 0.533. The molecule has 0 aliphatic heterocycles. The summed E-state index contributed by atoms with van der Waals surface area (Å²) in [7, 11) is 0. The molecule has 4 nitrogen and oxygen atoms in total. The van der Waals surface area contributed by atoms with Crippen molar-refractivity contribution in [2.24, 2.45) is 5.92 Å². The molecule has 0 aliphatic carbocycles. The average Bonchev–Trinajstić information content (AvgIpc) is 2.36. The maximum absolute atomic E-state index is 11.7. The third kappa shape index (κ3) is 5.92. The molecule has 2 N–H and O–H groups in total. The molecular formula is C15H22BrNO3. The molecule has 0 fully saturated rings. The van der Waals surface area contributed by atoms with Gasteiger partial charge in [0.1, 0.15) is 5.75 Å². The van der Waals surface area contributed by atoms with E-state index in [1.54, 1.807) is 6.92 Å². The van der Waals surface area contributed by atoms with Gasteiger partial charge in [-0.2, -0.15) is 0 Å². The van der Waals surface area contributed by atoms with Crippen LogP contribution < -0.4 is 10.1 Å². The van der Waals surface area contributed by atoms with Gasteiger partial charge in [0.15, 0.2) is 0 Å². The van der Waals surface area contributed by atoms with Crippen LogP contribution >= 0.6 is 15.9 Å². The number of carbonyl (C=O) groups is 1. The van der Waals surface area contributed by atoms with Gasteiger partial charge in [0.2, 0.25) is 5.91 Å². The number of nitrogens with one attached hydrogen (secondary N) is 1. The van der Waals surface area contributed by atoms with Crippen molar-refractivity contribution in [2.45, 2.75) is 32.8 Å². The molecule has 1 rings (SSSR count). The SMILES string of the molecule is CC(C)C(C)(O)CNC(=O)CCOc1cccc(Br)c1. The van der Waals surface area contributed by atoms with E-state index in [9.17, 15) is 9.90 Å². The molecule has 0 heterocycles. The predicted molar refractivity (Wildman–Crippen MR) is 82.7 cm³/mol. The third-order valence-electron chi connectivity index (χ3n) is 3.28. The lowest BCUT2D eigenvalue weighted by molar-refractivity contribution is -0.123. The van der Waals surface area contributed by atoms with Crippen molar-refractivity contribution in [3.63, 3.8) is 0 Å². The highest BCUT2D eigenvalue weighted by Crippen LogP contribution is 2.18. The Kier molecular flexibility index (Phi) is 6.49. The molecule has 0 bridgehead atoms. The summed E-state index contributed by atoms with van der Waals surface area (Å²) < 4.78 is 6.42. The number of hydrogen-bond donors (Lipinski definition) is 2. The maximum atomic E-state index is 11.7. The second-order valence-corrected chi connectivity index (χ2v) is 6.26. The summed E-state index contributed by atoms with van der Waals surface area (Å²) in [6, 6.07) is 7.47. The normalized spacial score (nSPS) is 13.9. The number of benzene rings is 1. The van der Waals surface area contributed by atoms with Gasteiger partial charge in [-0.25, -0.2) is 0 Å². The van der Waals surface area contributed by atoms with E-state index in [0.717, 1.165) is 10.2 Å². The fourth-order valence-corrected chi connectivity index (χ4v) is 1.77. The molecule has 0 aromatic heterocycles. The molecular weight excluding hydrogens is 322 g/mol. The van der Waals surface area contributed by atoms with Gasteiger partial charge in [0.25, 0.3) is 0 Å². The zero-order valence-electron chi connectivity index (χ0n) is 12.1. The number of halogens is 1. The lowest BCUT2D eigenvalue weighted by Crippen LogP contribution is -2.44. The Bertz CT molecular complexity index is 446. The van der Waals surface area contributed by atoms with Crippen LogP contribution in [0.4, 0.5) is 0 Å². The zero-order chi connectivity index (χ0) is 15.2. The molecule has 0 saturated carbocycles. The van der Waals surface area contributed by atoms with Gasteiger partial charge in [0.05, 0.1) is 18.6 Å². The molecule has 5 heteroatoms. The summed E-state index contributed by atoms with van der Waals surface area (Å²) in [6.45, 7) is 6.12. The van der Waals surface area contributed by atoms with Gasteiger partial charge < -0.3 is 15.2 Å². The fourth-order valence-electron chi connectivity index (χ4n) is 1.39. The smallest absolute Gasteiger partial charge is 0.223 e. The summed E-state index contributed by atoms with van der Waals surface area (Å²) in [6.07, 6.45) is 0.265. The standard InChI is InChI=1S/C15H22BrNO3/c1-11(2)15(3,19)10-17-14(18)7-8-20-13-6-4-5-12(16)9-13/h4-6,9,11,19H,7-8,10H2,1-3H3,(H,17,18). The Morgan fingerprint density at radius 3 is 2.80 bits per heavy atom. The molecule has 0 radical (unpaired) electrons. The summed E-state index contributed by atoms with van der Waals surface area (Å²) in [5, 5.41) is 12.7. The monoisotopic (exact) mass is 343 g/mol.